The number of aliphatic hydroxyl groups is 3. The second-order valence-corrected chi connectivity index (χ2v) is 1.23. The van der Waals surface area contributed by atoms with Gasteiger partial charge < -0.3 is 27.0 Å². The van der Waals surface area contributed by atoms with Gasteiger partial charge in [-0.15, -0.1) is 6.42 Å². The van der Waals surface area contributed by atoms with Crippen LogP contribution in [0.25, 0.3) is 0 Å². The van der Waals surface area contributed by atoms with E-state index in [0.717, 1.165) is 27.4 Å². The van der Waals surface area contributed by atoms with Gasteiger partial charge in [0.1, 0.15) is 0 Å². The fraction of sp³-hybridized carbons (Fsp3) is 0.556. The molecule has 0 aromatic heterocycles. The summed E-state index contributed by atoms with van der Waals surface area (Å²) in [4.78, 5) is 10.2. The van der Waals surface area contributed by atoms with Crippen molar-refractivity contribution in [1.82, 2.24) is 0 Å². The van der Waals surface area contributed by atoms with Crippen molar-refractivity contribution in [3.8, 4) is 0 Å². The van der Waals surface area contributed by atoms with E-state index in [0.29, 0.717) is 13.0 Å². The predicted molar refractivity (Wildman–Crippen MR) is 55.6 cm³/mol. The molecule has 0 aliphatic rings. The maximum absolute atomic E-state index is 10.2. The summed E-state index contributed by atoms with van der Waals surface area (Å²) < 4.78 is 4.52. The molecule has 3 N–H and O–H groups in total. The van der Waals surface area contributed by atoms with Crippen LogP contribution < -0.4 is 0 Å². The fourth-order valence-electron chi connectivity index (χ4n) is 0.232. The molecule has 0 fully saturated rings. The zero-order valence-electron chi connectivity index (χ0n) is 9.56. The van der Waals surface area contributed by atoms with Crippen LogP contribution in [0.3, 0.4) is 0 Å². The molecule has 0 bridgehead atoms. The summed E-state index contributed by atoms with van der Waals surface area (Å²) in [5, 5.41) is 21.0. The first-order valence-corrected chi connectivity index (χ1v) is 3.74. The van der Waals surface area contributed by atoms with E-state index >= 15 is 0 Å². The molecular formula is C9H21O5Zr-. The number of hydrogen-bond acceptors (Lipinski definition) is 5. The fourth-order valence-corrected chi connectivity index (χ4v) is 0.232. The van der Waals surface area contributed by atoms with E-state index in [4.69, 9.17) is 15.3 Å². The van der Waals surface area contributed by atoms with Gasteiger partial charge in [0.2, 0.25) is 0 Å². The molecule has 15 heavy (non-hydrogen) atoms. The summed E-state index contributed by atoms with van der Waals surface area (Å²) in [7, 11) is 3.00. The number of carbonyl (C=O) groups excluding carboxylic acids is 1. The minimum Gasteiger partial charge on any atom is -0.465 e. The number of carbonyl (C=O) groups is 1. The predicted octanol–water partition coefficient (Wildman–Crippen LogP) is -0.237. The smallest absolute Gasteiger partial charge is 0.330 e. The Morgan fingerprint density at radius 1 is 1.27 bits per heavy atom. The van der Waals surface area contributed by atoms with Crippen LogP contribution in [0, 0.1) is 6.92 Å². The zero-order chi connectivity index (χ0) is 12.4. The topological polar surface area (TPSA) is 87.0 Å². The van der Waals surface area contributed by atoms with Crippen LogP contribution in [0.15, 0.2) is 12.7 Å². The van der Waals surface area contributed by atoms with E-state index in [1.807, 2.05) is 0 Å². The van der Waals surface area contributed by atoms with Crippen molar-refractivity contribution in [2.75, 3.05) is 27.9 Å². The first kappa shape index (κ1) is 29.4. The monoisotopic (exact) mass is 299 g/mol. The molecule has 0 aliphatic heterocycles. The number of aliphatic hydroxyl groups excluding tert-OH is 3. The molecule has 6 heteroatoms. The number of rotatable bonds is 3. The molecule has 0 aromatic carbocycles. The van der Waals surface area contributed by atoms with Gasteiger partial charge in [0.25, 0.3) is 0 Å². The molecule has 0 heterocycles. The van der Waals surface area contributed by atoms with Crippen LogP contribution in [0.5, 0.6) is 0 Å². The van der Waals surface area contributed by atoms with Gasteiger partial charge in [0.15, 0.2) is 0 Å². The second-order valence-electron chi connectivity index (χ2n) is 1.23. The third-order valence-electron chi connectivity index (χ3n) is 0.555. The van der Waals surface area contributed by atoms with E-state index < -0.39 is 0 Å². The Balaban J connectivity index is -0.0000000410. The standard InChI is InChI=1S/C6H9O2.3CH4O.Zr/c1-3-5-8-6(7)4-2;3*1-2;/h4H,1-3,5H2;3*2H,1H3;/q-1;;;;. The minimum atomic E-state index is -0.381. The minimum absolute atomic E-state index is 0. The van der Waals surface area contributed by atoms with Crippen molar-refractivity contribution in [3.63, 3.8) is 0 Å². The van der Waals surface area contributed by atoms with E-state index in [1.54, 1.807) is 0 Å². The summed E-state index contributed by atoms with van der Waals surface area (Å²) in [6, 6.07) is 0. The summed E-state index contributed by atoms with van der Waals surface area (Å²) >= 11 is 0. The SMILES string of the molecule is C=CC(=O)OCC[CH2-].CO.CO.CO.[Zr]. The molecule has 0 atom stereocenters. The van der Waals surface area contributed by atoms with Gasteiger partial charge in [-0.3, -0.25) is 0 Å². The van der Waals surface area contributed by atoms with Crippen LogP contribution in [0.4, 0.5) is 0 Å². The van der Waals surface area contributed by atoms with Gasteiger partial charge in [-0.05, 0) is 0 Å². The largest absolute Gasteiger partial charge is 0.465 e. The maximum atomic E-state index is 10.2. The van der Waals surface area contributed by atoms with Gasteiger partial charge in [-0.2, -0.15) is 0 Å². The molecule has 5 nitrogen and oxygen atoms in total. The average molecular weight is 300 g/mol. The number of esters is 1. The van der Waals surface area contributed by atoms with E-state index in [1.165, 1.54) is 0 Å². The van der Waals surface area contributed by atoms with Crippen LogP contribution in [0.2, 0.25) is 0 Å². The molecule has 0 radical (unpaired) electrons. The maximum Gasteiger partial charge on any atom is 0.330 e. The molecule has 0 rings (SSSR count). The Kier molecular flexibility index (Phi) is 94.8. The molecule has 0 saturated carbocycles. The van der Waals surface area contributed by atoms with Gasteiger partial charge >= 0.3 is 5.97 Å². The van der Waals surface area contributed by atoms with E-state index in [-0.39, 0.29) is 32.2 Å². The van der Waals surface area contributed by atoms with Crippen LogP contribution in [0.1, 0.15) is 6.42 Å². The van der Waals surface area contributed by atoms with Crippen LogP contribution in [-0.2, 0) is 35.7 Å². The zero-order valence-corrected chi connectivity index (χ0v) is 12.0. The Morgan fingerprint density at radius 3 is 1.80 bits per heavy atom. The van der Waals surface area contributed by atoms with Crippen molar-refractivity contribution in [2.24, 2.45) is 0 Å². The van der Waals surface area contributed by atoms with Crippen LogP contribution in [-0.4, -0.2) is 49.2 Å². The first-order valence-electron chi connectivity index (χ1n) is 3.74. The van der Waals surface area contributed by atoms with Gasteiger partial charge in [0, 0.05) is 53.6 Å². The average Bonchev–Trinajstić information content (AvgIpc) is 2.33. The third kappa shape index (κ3) is 56.1. The molecule has 0 saturated heterocycles. The van der Waals surface area contributed by atoms with Gasteiger partial charge in [0.05, 0.1) is 6.61 Å². The van der Waals surface area contributed by atoms with Crippen molar-refractivity contribution in [2.45, 2.75) is 6.42 Å². The van der Waals surface area contributed by atoms with Crippen molar-refractivity contribution in [3.05, 3.63) is 19.6 Å². The van der Waals surface area contributed by atoms with Crippen molar-refractivity contribution < 1.29 is 51.1 Å². The van der Waals surface area contributed by atoms with Crippen LogP contribution >= 0.6 is 0 Å². The summed E-state index contributed by atoms with van der Waals surface area (Å²) in [5.41, 5.74) is 0. The number of hydrogen-bond donors (Lipinski definition) is 3. The third-order valence-corrected chi connectivity index (χ3v) is 0.555. The number of ether oxygens (including phenoxy) is 1. The van der Waals surface area contributed by atoms with Gasteiger partial charge in [-0.1, -0.05) is 6.58 Å². The Bertz CT molecular complexity index is 98.5. The molecule has 92 valence electrons. The quantitative estimate of drug-likeness (QED) is 0.380. The van der Waals surface area contributed by atoms with Gasteiger partial charge in [-0.25, -0.2) is 4.79 Å². The van der Waals surface area contributed by atoms with Crippen molar-refractivity contribution in [1.29, 1.82) is 0 Å². The Morgan fingerprint density at radius 2 is 1.60 bits per heavy atom. The second kappa shape index (κ2) is 48.4. The summed E-state index contributed by atoms with van der Waals surface area (Å²) in [6.07, 6.45) is 1.75. The molecule has 0 aliphatic carbocycles. The molecule has 0 unspecified atom stereocenters. The Hall–Kier alpha value is -0.0269. The molecular weight excluding hydrogens is 279 g/mol. The normalized spacial score (nSPS) is 5.53. The van der Waals surface area contributed by atoms with E-state index in [9.17, 15) is 4.79 Å². The molecule has 0 aromatic rings. The first-order chi connectivity index (χ1) is 6.81. The molecule has 0 amide bonds. The Labute approximate surface area is 111 Å². The molecule has 0 spiro atoms. The summed E-state index contributed by atoms with van der Waals surface area (Å²) in [6.45, 7) is 7.08. The van der Waals surface area contributed by atoms with Crippen molar-refractivity contribution >= 4 is 5.97 Å². The van der Waals surface area contributed by atoms with E-state index in [2.05, 4.69) is 18.2 Å². The summed E-state index contributed by atoms with van der Waals surface area (Å²) in [5.74, 6) is -0.381.